The molecule has 4 heteroatoms. The van der Waals surface area contributed by atoms with E-state index in [1.165, 1.54) is 16.9 Å². The lowest BCUT2D eigenvalue weighted by atomic mass is 9.72. The molecule has 0 aliphatic carbocycles. The number of carbonyl (C=O) groups is 1. The number of nitrogens with zero attached hydrogens (tertiary/aromatic N) is 2. The highest BCUT2D eigenvalue weighted by Gasteiger charge is 2.43. The van der Waals surface area contributed by atoms with Gasteiger partial charge in [-0.05, 0) is 42.7 Å². The van der Waals surface area contributed by atoms with Crippen LogP contribution in [0.5, 0.6) is 0 Å². The Morgan fingerprint density at radius 1 is 1.12 bits per heavy atom. The number of hydrazone groups is 1. The van der Waals surface area contributed by atoms with Gasteiger partial charge >= 0.3 is 0 Å². The second kappa shape index (κ2) is 7.16. The number of allylic oxidation sites excluding steroid dienone is 2. The second-order valence-corrected chi connectivity index (χ2v) is 7.07. The van der Waals surface area contributed by atoms with Crippen molar-refractivity contribution in [2.24, 2.45) is 11.0 Å². The van der Waals surface area contributed by atoms with Gasteiger partial charge in [-0.2, -0.15) is 5.10 Å². The molecule has 0 bridgehead atoms. The Morgan fingerprint density at radius 2 is 1.77 bits per heavy atom. The Hall–Kier alpha value is -2.88. The van der Waals surface area contributed by atoms with E-state index in [0.717, 1.165) is 0 Å². The van der Waals surface area contributed by atoms with E-state index in [0.29, 0.717) is 11.5 Å². The fraction of sp³-hybridized carbons (Fsp3) is 0.273. The molecule has 1 atom stereocenters. The number of carbonyl (C=O) groups excluding carboxylic acids is 1. The van der Waals surface area contributed by atoms with Crippen molar-refractivity contribution in [3.8, 4) is 0 Å². The molecule has 0 saturated heterocycles. The molecule has 3 rings (SSSR count). The summed E-state index contributed by atoms with van der Waals surface area (Å²) >= 11 is 0. The first kappa shape index (κ1) is 17.9. The summed E-state index contributed by atoms with van der Waals surface area (Å²) in [6.45, 7) is 6.73. The molecule has 0 aromatic heterocycles. The number of rotatable bonds is 4. The highest BCUT2D eigenvalue weighted by Crippen LogP contribution is 2.50. The van der Waals surface area contributed by atoms with Crippen LogP contribution in [0.1, 0.15) is 36.7 Å². The summed E-state index contributed by atoms with van der Waals surface area (Å²) in [6.07, 6.45) is 3.66. The van der Waals surface area contributed by atoms with Crippen LogP contribution in [-0.4, -0.2) is 19.2 Å². The second-order valence-electron chi connectivity index (χ2n) is 7.07. The third-order valence-electron chi connectivity index (χ3n) is 5.38. The van der Waals surface area contributed by atoms with Crippen LogP contribution >= 0.6 is 0 Å². The third kappa shape index (κ3) is 3.03. The van der Waals surface area contributed by atoms with Crippen molar-refractivity contribution in [1.82, 2.24) is 5.43 Å². The molecule has 1 unspecified atom stereocenters. The molecule has 0 radical (unpaired) electrons. The van der Waals surface area contributed by atoms with E-state index in [4.69, 9.17) is 0 Å². The van der Waals surface area contributed by atoms with Crippen LogP contribution in [0.4, 0.5) is 5.69 Å². The molecule has 134 valence electrons. The molecular formula is C22H25N3O. The number of benzene rings is 2. The van der Waals surface area contributed by atoms with Crippen molar-refractivity contribution < 1.29 is 4.79 Å². The zero-order chi connectivity index (χ0) is 18.7. The predicted molar refractivity (Wildman–Crippen MR) is 108 cm³/mol. The number of nitrogens with one attached hydrogen (secondary N) is 1. The summed E-state index contributed by atoms with van der Waals surface area (Å²) in [5, 5.41) is 4.11. The molecule has 1 aliphatic heterocycles. The van der Waals surface area contributed by atoms with Crippen LogP contribution in [0.2, 0.25) is 0 Å². The lowest BCUT2D eigenvalue weighted by molar-refractivity contribution is 0.0955. The molecule has 26 heavy (non-hydrogen) atoms. The van der Waals surface area contributed by atoms with Crippen LogP contribution in [0.15, 0.2) is 71.5 Å². The van der Waals surface area contributed by atoms with E-state index in [1.54, 1.807) is 18.3 Å². The lowest BCUT2D eigenvalue weighted by Crippen LogP contribution is -2.31. The van der Waals surface area contributed by atoms with Crippen molar-refractivity contribution in [2.75, 3.05) is 11.9 Å². The highest BCUT2D eigenvalue weighted by molar-refractivity contribution is 5.94. The summed E-state index contributed by atoms with van der Waals surface area (Å²) in [5.74, 6) is 0.210. The monoisotopic (exact) mass is 347 g/mol. The topological polar surface area (TPSA) is 44.7 Å². The lowest BCUT2D eigenvalue weighted by Gasteiger charge is -2.32. The number of hydrogen-bond donors (Lipinski definition) is 1. The van der Waals surface area contributed by atoms with Crippen molar-refractivity contribution >= 4 is 17.8 Å². The molecule has 2 aromatic carbocycles. The maximum Gasteiger partial charge on any atom is 0.271 e. The van der Waals surface area contributed by atoms with Crippen LogP contribution in [-0.2, 0) is 5.41 Å². The molecule has 1 amide bonds. The Balaban J connectivity index is 1.83. The fourth-order valence-electron chi connectivity index (χ4n) is 3.57. The first-order chi connectivity index (χ1) is 12.5. The van der Waals surface area contributed by atoms with Gasteiger partial charge < -0.3 is 4.90 Å². The maximum atomic E-state index is 12.1. The van der Waals surface area contributed by atoms with Gasteiger partial charge in [0.2, 0.25) is 0 Å². The van der Waals surface area contributed by atoms with Crippen LogP contribution < -0.4 is 10.3 Å². The standard InChI is InChI=1S/C22H25N3O/c1-16(2)22(3)18-12-8-9-13-19(18)25(4)20(22)14-15-23-24-21(26)17-10-6-5-7-11-17/h5-16H,1-4H3,(H,24,26)/b20-14-,23-15+. The number of hydrogen-bond acceptors (Lipinski definition) is 3. The Labute approximate surface area is 155 Å². The zero-order valence-electron chi connectivity index (χ0n) is 15.7. The van der Waals surface area contributed by atoms with Crippen molar-refractivity contribution in [3.05, 3.63) is 77.5 Å². The van der Waals surface area contributed by atoms with Gasteiger partial charge in [0, 0.05) is 35.6 Å². The van der Waals surface area contributed by atoms with Gasteiger partial charge in [-0.3, -0.25) is 4.79 Å². The maximum absolute atomic E-state index is 12.1. The van der Waals surface area contributed by atoms with Gasteiger partial charge in [0.1, 0.15) is 0 Å². The smallest absolute Gasteiger partial charge is 0.271 e. The largest absolute Gasteiger partial charge is 0.347 e. The molecule has 0 saturated carbocycles. The Bertz CT molecular complexity index is 855. The van der Waals surface area contributed by atoms with E-state index in [2.05, 4.69) is 67.5 Å². The summed E-state index contributed by atoms with van der Waals surface area (Å²) in [6, 6.07) is 17.6. The quantitative estimate of drug-likeness (QED) is 0.660. The molecule has 1 aliphatic rings. The van der Waals surface area contributed by atoms with Gasteiger partial charge in [0.25, 0.3) is 5.91 Å². The Morgan fingerprint density at radius 3 is 2.46 bits per heavy atom. The van der Waals surface area contributed by atoms with Crippen molar-refractivity contribution in [1.29, 1.82) is 0 Å². The highest BCUT2D eigenvalue weighted by atomic mass is 16.2. The molecule has 0 spiro atoms. The van der Waals surface area contributed by atoms with Gasteiger partial charge in [0.15, 0.2) is 0 Å². The molecule has 4 nitrogen and oxygen atoms in total. The van der Waals surface area contributed by atoms with Gasteiger partial charge in [0.05, 0.1) is 0 Å². The zero-order valence-corrected chi connectivity index (χ0v) is 15.7. The number of anilines is 1. The minimum atomic E-state index is -0.213. The van der Waals surface area contributed by atoms with Gasteiger partial charge in [-0.1, -0.05) is 50.2 Å². The van der Waals surface area contributed by atoms with Crippen LogP contribution in [0, 0.1) is 5.92 Å². The summed E-state index contributed by atoms with van der Waals surface area (Å²) in [7, 11) is 2.08. The summed E-state index contributed by atoms with van der Waals surface area (Å²) < 4.78 is 0. The number of likely N-dealkylation sites (N-methyl/N-ethyl adjacent to an activating group) is 1. The van der Waals surface area contributed by atoms with Crippen molar-refractivity contribution in [2.45, 2.75) is 26.2 Å². The SMILES string of the molecule is CC(C)C1(C)/C(=C/C=N/NC(=O)c2ccccc2)N(C)c2ccccc21. The average molecular weight is 347 g/mol. The number of amides is 1. The normalized spacial score (nSPS) is 20.8. The van der Waals surface area contributed by atoms with E-state index in [1.807, 2.05) is 24.3 Å². The van der Waals surface area contributed by atoms with Crippen LogP contribution in [0.3, 0.4) is 0 Å². The fourth-order valence-corrected chi connectivity index (χ4v) is 3.57. The van der Waals surface area contributed by atoms with E-state index < -0.39 is 0 Å². The van der Waals surface area contributed by atoms with Crippen molar-refractivity contribution in [3.63, 3.8) is 0 Å². The minimum Gasteiger partial charge on any atom is -0.347 e. The van der Waals surface area contributed by atoms with Gasteiger partial charge in [-0.25, -0.2) is 5.43 Å². The molecular weight excluding hydrogens is 322 g/mol. The molecule has 0 fully saturated rings. The molecule has 2 aromatic rings. The first-order valence-electron chi connectivity index (χ1n) is 8.88. The first-order valence-corrected chi connectivity index (χ1v) is 8.88. The molecule has 1 heterocycles. The summed E-state index contributed by atoms with van der Waals surface area (Å²) in [4.78, 5) is 14.3. The minimum absolute atomic E-state index is 0.0964. The van der Waals surface area contributed by atoms with E-state index in [-0.39, 0.29) is 11.3 Å². The summed E-state index contributed by atoms with van der Waals surface area (Å²) in [5.41, 5.74) is 6.80. The Kier molecular flexibility index (Phi) is 4.94. The number of para-hydroxylation sites is 1. The van der Waals surface area contributed by atoms with E-state index >= 15 is 0 Å². The predicted octanol–water partition coefficient (Wildman–Crippen LogP) is 4.35. The average Bonchev–Trinajstić information content (AvgIpc) is 2.88. The third-order valence-corrected chi connectivity index (χ3v) is 5.38. The van der Waals surface area contributed by atoms with E-state index in [9.17, 15) is 4.79 Å². The molecule has 1 N–H and O–H groups in total. The number of fused-ring (bicyclic) bond motifs is 1. The van der Waals surface area contributed by atoms with Gasteiger partial charge in [-0.15, -0.1) is 0 Å². The van der Waals surface area contributed by atoms with Crippen LogP contribution in [0.25, 0.3) is 0 Å².